The summed E-state index contributed by atoms with van der Waals surface area (Å²) in [5, 5.41) is 12.2. The van der Waals surface area contributed by atoms with E-state index in [1.165, 1.54) is 17.7 Å². The Bertz CT molecular complexity index is 645. The normalized spacial score (nSPS) is 15.4. The molecule has 0 amide bonds. The van der Waals surface area contributed by atoms with Crippen LogP contribution in [0, 0.1) is 11.3 Å². The fraction of sp³-hybridized carbons (Fsp3) is 0.357. The molecule has 2 N–H and O–H groups in total. The van der Waals surface area contributed by atoms with Gasteiger partial charge in [-0.25, -0.2) is 13.1 Å². The largest absolute Gasteiger partial charge is 0.313 e. The maximum atomic E-state index is 12.2. The van der Waals surface area contributed by atoms with Crippen molar-refractivity contribution in [3.63, 3.8) is 0 Å². The summed E-state index contributed by atoms with van der Waals surface area (Å²) >= 11 is 0. The summed E-state index contributed by atoms with van der Waals surface area (Å²) < 4.78 is 26.9. The molecule has 1 aliphatic rings. The predicted molar refractivity (Wildman–Crippen MR) is 76.5 cm³/mol. The summed E-state index contributed by atoms with van der Waals surface area (Å²) in [6, 6.07) is 8.12. The SMILES string of the molecule is N#Cc1ccccc1S(=O)(=O)NCCC1=CCNCC1. The Kier molecular flexibility index (Phi) is 4.90. The molecule has 106 valence electrons. The molecule has 0 aliphatic carbocycles. The minimum Gasteiger partial charge on any atom is -0.313 e. The molecule has 5 nitrogen and oxygen atoms in total. The summed E-state index contributed by atoms with van der Waals surface area (Å²) in [4.78, 5) is 0.0433. The van der Waals surface area contributed by atoms with E-state index in [1.54, 1.807) is 12.1 Å². The number of hydrogen-bond acceptors (Lipinski definition) is 4. The zero-order valence-electron chi connectivity index (χ0n) is 11.1. The first-order valence-corrected chi connectivity index (χ1v) is 7.99. The number of sulfonamides is 1. The molecule has 2 rings (SSSR count). The topological polar surface area (TPSA) is 82.0 Å². The van der Waals surface area contributed by atoms with Gasteiger partial charge in [0.1, 0.15) is 6.07 Å². The Morgan fingerprint density at radius 1 is 1.35 bits per heavy atom. The van der Waals surface area contributed by atoms with Gasteiger partial charge in [0, 0.05) is 13.1 Å². The van der Waals surface area contributed by atoms with E-state index >= 15 is 0 Å². The molecular weight excluding hydrogens is 274 g/mol. The Balaban J connectivity index is 2.01. The van der Waals surface area contributed by atoms with Crippen LogP contribution < -0.4 is 10.0 Å². The molecule has 1 heterocycles. The average Bonchev–Trinajstić information content (AvgIpc) is 2.48. The number of rotatable bonds is 5. The van der Waals surface area contributed by atoms with E-state index < -0.39 is 10.0 Å². The number of nitrogens with one attached hydrogen (secondary N) is 2. The minimum atomic E-state index is -3.62. The van der Waals surface area contributed by atoms with E-state index in [-0.39, 0.29) is 10.5 Å². The highest BCUT2D eigenvalue weighted by molar-refractivity contribution is 7.89. The highest BCUT2D eigenvalue weighted by atomic mass is 32.2. The second-order valence-corrected chi connectivity index (χ2v) is 6.31. The first kappa shape index (κ1) is 14.7. The Hall–Kier alpha value is -1.68. The number of nitriles is 1. The van der Waals surface area contributed by atoms with Crippen LogP contribution in [0.3, 0.4) is 0 Å². The second kappa shape index (κ2) is 6.66. The lowest BCUT2D eigenvalue weighted by atomic mass is 10.1. The Labute approximate surface area is 119 Å². The van der Waals surface area contributed by atoms with Gasteiger partial charge in [0.15, 0.2) is 0 Å². The average molecular weight is 291 g/mol. The predicted octanol–water partition coefficient (Wildman–Crippen LogP) is 1.15. The quantitative estimate of drug-likeness (QED) is 0.797. The summed E-state index contributed by atoms with van der Waals surface area (Å²) in [5.41, 5.74) is 1.43. The maximum Gasteiger partial charge on any atom is 0.241 e. The van der Waals surface area contributed by atoms with Gasteiger partial charge in [0.05, 0.1) is 10.5 Å². The molecule has 0 fully saturated rings. The van der Waals surface area contributed by atoms with Crippen molar-refractivity contribution in [2.75, 3.05) is 19.6 Å². The second-order valence-electron chi connectivity index (χ2n) is 4.57. The molecule has 1 aliphatic heterocycles. The molecule has 1 aromatic rings. The molecular formula is C14H17N3O2S. The first-order chi connectivity index (χ1) is 9.63. The van der Waals surface area contributed by atoms with Crippen LogP contribution in [0.4, 0.5) is 0 Å². The third-order valence-electron chi connectivity index (χ3n) is 3.19. The van der Waals surface area contributed by atoms with Crippen molar-refractivity contribution in [1.29, 1.82) is 5.26 Å². The maximum absolute atomic E-state index is 12.2. The summed E-state index contributed by atoms with van der Waals surface area (Å²) in [6.07, 6.45) is 3.76. The summed E-state index contributed by atoms with van der Waals surface area (Å²) in [7, 11) is -3.62. The van der Waals surface area contributed by atoms with Crippen LogP contribution >= 0.6 is 0 Å². The standard InChI is InChI=1S/C14H17N3O2S/c15-11-13-3-1-2-4-14(13)20(18,19)17-10-7-12-5-8-16-9-6-12/h1-5,16-17H,6-10H2. The van der Waals surface area contributed by atoms with Gasteiger partial charge < -0.3 is 5.32 Å². The van der Waals surface area contributed by atoms with Crippen molar-refractivity contribution >= 4 is 10.0 Å². The lowest BCUT2D eigenvalue weighted by Gasteiger charge is -2.14. The van der Waals surface area contributed by atoms with Crippen molar-refractivity contribution in [2.45, 2.75) is 17.7 Å². The molecule has 0 saturated carbocycles. The molecule has 20 heavy (non-hydrogen) atoms. The van der Waals surface area contributed by atoms with Crippen molar-refractivity contribution in [3.05, 3.63) is 41.5 Å². The summed E-state index contributed by atoms with van der Waals surface area (Å²) in [5.74, 6) is 0. The third-order valence-corrected chi connectivity index (χ3v) is 4.71. The van der Waals surface area contributed by atoms with Crippen LogP contribution in [0.25, 0.3) is 0 Å². The van der Waals surface area contributed by atoms with E-state index in [0.29, 0.717) is 13.0 Å². The monoisotopic (exact) mass is 291 g/mol. The number of benzene rings is 1. The molecule has 0 bridgehead atoms. The highest BCUT2D eigenvalue weighted by Gasteiger charge is 2.17. The Morgan fingerprint density at radius 3 is 2.85 bits per heavy atom. The fourth-order valence-corrected chi connectivity index (χ4v) is 3.30. The van der Waals surface area contributed by atoms with E-state index in [4.69, 9.17) is 5.26 Å². The van der Waals surface area contributed by atoms with Gasteiger partial charge in [-0.15, -0.1) is 0 Å². The molecule has 0 aromatic heterocycles. The van der Waals surface area contributed by atoms with Crippen LogP contribution in [-0.2, 0) is 10.0 Å². The highest BCUT2D eigenvalue weighted by Crippen LogP contribution is 2.15. The van der Waals surface area contributed by atoms with Crippen molar-refractivity contribution in [2.24, 2.45) is 0 Å². The van der Waals surface area contributed by atoms with Crippen molar-refractivity contribution in [1.82, 2.24) is 10.0 Å². The molecule has 0 saturated heterocycles. The van der Waals surface area contributed by atoms with E-state index in [1.807, 2.05) is 6.07 Å². The smallest absolute Gasteiger partial charge is 0.241 e. The van der Waals surface area contributed by atoms with Crippen LogP contribution in [-0.4, -0.2) is 28.1 Å². The molecule has 0 atom stereocenters. The van der Waals surface area contributed by atoms with Gasteiger partial charge >= 0.3 is 0 Å². The molecule has 1 aromatic carbocycles. The van der Waals surface area contributed by atoms with Crippen molar-refractivity contribution in [3.8, 4) is 6.07 Å². The Morgan fingerprint density at radius 2 is 2.15 bits per heavy atom. The number of hydrogen-bond donors (Lipinski definition) is 2. The van der Waals surface area contributed by atoms with Gasteiger partial charge in [-0.3, -0.25) is 0 Å². The molecule has 0 unspecified atom stereocenters. The minimum absolute atomic E-state index is 0.0433. The van der Waals surface area contributed by atoms with Gasteiger partial charge in [0.25, 0.3) is 0 Å². The molecule has 6 heteroatoms. The van der Waals surface area contributed by atoms with Crippen molar-refractivity contribution < 1.29 is 8.42 Å². The van der Waals surface area contributed by atoms with Gasteiger partial charge in [-0.05, 0) is 31.5 Å². The fourth-order valence-electron chi connectivity index (χ4n) is 2.11. The number of nitrogens with zero attached hydrogens (tertiary/aromatic N) is 1. The summed E-state index contributed by atoms with van der Waals surface area (Å²) in [6.45, 7) is 2.14. The third kappa shape index (κ3) is 3.67. The van der Waals surface area contributed by atoms with Gasteiger partial charge in [0.2, 0.25) is 10.0 Å². The van der Waals surface area contributed by atoms with Crippen LogP contribution in [0.1, 0.15) is 18.4 Å². The lowest BCUT2D eigenvalue weighted by molar-refractivity contribution is 0.579. The van der Waals surface area contributed by atoms with Crippen LogP contribution in [0.5, 0.6) is 0 Å². The molecule has 0 spiro atoms. The van der Waals surface area contributed by atoms with E-state index in [2.05, 4.69) is 16.1 Å². The van der Waals surface area contributed by atoms with E-state index in [0.717, 1.165) is 19.5 Å². The van der Waals surface area contributed by atoms with Gasteiger partial charge in [-0.2, -0.15) is 5.26 Å². The van der Waals surface area contributed by atoms with Crippen LogP contribution in [0.15, 0.2) is 40.8 Å². The van der Waals surface area contributed by atoms with Gasteiger partial charge in [-0.1, -0.05) is 23.8 Å². The first-order valence-electron chi connectivity index (χ1n) is 6.51. The zero-order valence-corrected chi connectivity index (χ0v) is 11.9. The van der Waals surface area contributed by atoms with Crippen LogP contribution in [0.2, 0.25) is 0 Å². The zero-order chi connectivity index (χ0) is 14.4. The lowest BCUT2D eigenvalue weighted by Crippen LogP contribution is -2.27. The molecule has 0 radical (unpaired) electrons. The van der Waals surface area contributed by atoms with E-state index in [9.17, 15) is 8.42 Å².